The van der Waals surface area contributed by atoms with Crippen molar-refractivity contribution in [1.29, 1.82) is 0 Å². The molecule has 1 amide bonds. The van der Waals surface area contributed by atoms with Crippen LogP contribution in [0.5, 0.6) is 0 Å². The minimum Gasteiger partial charge on any atom is -0.480 e. The zero-order valence-corrected chi connectivity index (χ0v) is 13.1. The fraction of sp³-hybridized carbons (Fsp3) is 0.333. The highest BCUT2D eigenvalue weighted by Crippen LogP contribution is 2.14. The molecule has 0 aliphatic carbocycles. The topological polar surface area (TPSA) is 66.4 Å². The van der Waals surface area contributed by atoms with Gasteiger partial charge in [0.15, 0.2) is 0 Å². The average Bonchev–Trinajstić information content (AvgIpc) is 2.38. The first-order valence-corrected chi connectivity index (χ1v) is 7.16. The zero-order valence-electron chi connectivity index (χ0n) is 11.5. The second kappa shape index (κ2) is 7.24. The van der Waals surface area contributed by atoms with Gasteiger partial charge in [0.2, 0.25) is 5.91 Å². The van der Waals surface area contributed by atoms with Gasteiger partial charge in [-0.05, 0) is 37.1 Å². The van der Waals surface area contributed by atoms with E-state index in [9.17, 15) is 14.7 Å². The molecule has 0 fully saturated rings. The third-order valence-electron chi connectivity index (χ3n) is 2.92. The van der Waals surface area contributed by atoms with Crippen molar-refractivity contribution in [3.05, 3.63) is 40.4 Å². The lowest BCUT2D eigenvalue weighted by Gasteiger charge is -2.24. The van der Waals surface area contributed by atoms with Gasteiger partial charge in [0.05, 0.1) is 0 Å². The molecule has 0 bridgehead atoms. The molecule has 1 aromatic carbocycles. The second-order valence-corrected chi connectivity index (χ2v) is 5.68. The van der Waals surface area contributed by atoms with Crippen molar-refractivity contribution >= 4 is 33.9 Å². The van der Waals surface area contributed by atoms with Crippen molar-refractivity contribution in [1.82, 2.24) is 5.32 Å². The number of benzene rings is 1. The van der Waals surface area contributed by atoms with Crippen molar-refractivity contribution in [3.63, 3.8) is 0 Å². The number of nitrogens with one attached hydrogen (secondary N) is 1. The average molecular weight is 340 g/mol. The number of hydrogen-bond acceptors (Lipinski definition) is 2. The molecule has 0 spiro atoms. The molecule has 1 atom stereocenters. The van der Waals surface area contributed by atoms with E-state index in [1.807, 2.05) is 31.2 Å². The van der Waals surface area contributed by atoms with Crippen LogP contribution in [-0.2, 0) is 9.59 Å². The summed E-state index contributed by atoms with van der Waals surface area (Å²) < 4.78 is 0.959. The number of carbonyl (C=O) groups excluding carboxylic acids is 1. The Hall–Kier alpha value is -1.62. The van der Waals surface area contributed by atoms with Crippen LogP contribution in [0.2, 0.25) is 0 Å². The van der Waals surface area contributed by atoms with Crippen molar-refractivity contribution in [2.45, 2.75) is 32.2 Å². The number of carboxylic acids is 1. The summed E-state index contributed by atoms with van der Waals surface area (Å²) in [6.45, 7) is 3.40. The Morgan fingerprint density at radius 1 is 1.35 bits per heavy atom. The van der Waals surface area contributed by atoms with Gasteiger partial charge in [-0.2, -0.15) is 0 Å². The van der Waals surface area contributed by atoms with E-state index >= 15 is 0 Å². The lowest BCUT2D eigenvalue weighted by Crippen LogP contribution is -2.51. The Balaban J connectivity index is 2.71. The molecule has 0 saturated carbocycles. The normalized spacial score (nSPS) is 13.9. The van der Waals surface area contributed by atoms with E-state index in [-0.39, 0.29) is 0 Å². The lowest BCUT2D eigenvalue weighted by molar-refractivity contribution is -0.146. The molecule has 108 valence electrons. The van der Waals surface area contributed by atoms with Gasteiger partial charge in [-0.15, -0.1) is 0 Å². The minimum absolute atomic E-state index is 0.389. The van der Waals surface area contributed by atoms with Crippen molar-refractivity contribution in [2.75, 3.05) is 0 Å². The Morgan fingerprint density at radius 3 is 2.45 bits per heavy atom. The molecule has 1 rings (SSSR count). The molecule has 4 nitrogen and oxygen atoms in total. The molecule has 0 radical (unpaired) electrons. The zero-order chi connectivity index (χ0) is 15.2. The quantitative estimate of drug-likeness (QED) is 0.782. The molecule has 0 saturated heterocycles. The van der Waals surface area contributed by atoms with Gasteiger partial charge in [0, 0.05) is 10.5 Å². The number of carbonyl (C=O) groups is 2. The van der Waals surface area contributed by atoms with Crippen molar-refractivity contribution in [3.8, 4) is 0 Å². The summed E-state index contributed by atoms with van der Waals surface area (Å²) in [5, 5.41) is 11.7. The maximum atomic E-state index is 11.8. The van der Waals surface area contributed by atoms with Crippen LogP contribution in [0.4, 0.5) is 0 Å². The van der Waals surface area contributed by atoms with Crippen LogP contribution in [0, 0.1) is 0 Å². The summed E-state index contributed by atoms with van der Waals surface area (Å²) in [5.74, 6) is -1.43. The Kier molecular flexibility index (Phi) is 5.95. The maximum absolute atomic E-state index is 11.8. The molecule has 5 heteroatoms. The summed E-state index contributed by atoms with van der Waals surface area (Å²) in [6, 6.07) is 7.46. The molecule has 0 heterocycles. The predicted molar refractivity (Wildman–Crippen MR) is 82.3 cm³/mol. The van der Waals surface area contributed by atoms with Crippen molar-refractivity contribution in [2.24, 2.45) is 0 Å². The Morgan fingerprint density at radius 2 is 1.95 bits per heavy atom. The van der Waals surface area contributed by atoms with Gasteiger partial charge >= 0.3 is 5.97 Å². The number of carboxylic acid groups (broad SMARTS) is 1. The Labute approximate surface area is 127 Å². The predicted octanol–water partition coefficient (Wildman–Crippen LogP) is 3.22. The minimum atomic E-state index is -1.23. The summed E-state index contributed by atoms with van der Waals surface area (Å²) in [4.78, 5) is 23.0. The standard InChI is InChI=1S/C15H18BrNO3/c1-3-10-15(2,14(19)20)17-13(18)9-6-11-4-7-12(16)8-5-11/h4-9H,3,10H2,1-2H3,(H,17,18)(H,19,20)/b9-6+. The summed E-state index contributed by atoms with van der Waals surface area (Å²) >= 11 is 3.33. The first-order valence-electron chi connectivity index (χ1n) is 6.36. The maximum Gasteiger partial charge on any atom is 0.329 e. The van der Waals surface area contributed by atoms with Crippen LogP contribution in [-0.4, -0.2) is 22.5 Å². The van der Waals surface area contributed by atoms with Gasteiger partial charge in [-0.3, -0.25) is 4.79 Å². The fourth-order valence-corrected chi connectivity index (χ4v) is 2.05. The first-order chi connectivity index (χ1) is 9.37. The summed E-state index contributed by atoms with van der Waals surface area (Å²) in [7, 11) is 0. The first kappa shape index (κ1) is 16.4. The summed E-state index contributed by atoms with van der Waals surface area (Å²) in [6.07, 6.45) is 4.07. The molecule has 1 unspecified atom stereocenters. The Bertz CT molecular complexity index is 510. The van der Waals surface area contributed by atoms with Gasteiger partial charge in [0.25, 0.3) is 0 Å². The SMILES string of the molecule is CCCC(C)(NC(=O)/C=C/c1ccc(Br)cc1)C(=O)O. The van der Waals surface area contributed by atoms with Crippen LogP contribution in [0.1, 0.15) is 32.3 Å². The summed E-state index contributed by atoms with van der Waals surface area (Å²) in [5.41, 5.74) is -0.355. The van der Waals surface area contributed by atoms with Crippen LogP contribution in [0.25, 0.3) is 6.08 Å². The molecule has 1 aromatic rings. The van der Waals surface area contributed by atoms with Crippen molar-refractivity contribution < 1.29 is 14.7 Å². The van der Waals surface area contributed by atoms with Gasteiger partial charge < -0.3 is 10.4 Å². The lowest BCUT2D eigenvalue weighted by atomic mass is 9.96. The number of hydrogen-bond donors (Lipinski definition) is 2. The molecule has 2 N–H and O–H groups in total. The smallest absolute Gasteiger partial charge is 0.329 e. The highest BCUT2D eigenvalue weighted by atomic mass is 79.9. The van der Waals surface area contributed by atoms with E-state index in [4.69, 9.17) is 0 Å². The van der Waals surface area contributed by atoms with Crippen LogP contribution in [0.3, 0.4) is 0 Å². The monoisotopic (exact) mass is 339 g/mol. The highest BCUT2D eigenvalue weighted by Gasteiger charge is 2.33. The van der Waals surface area contributed by atoms with E-state index in [0.29, 0.717) is 12.8 Å². The highest BCUT2D eigenvalue weighted by molar-refractivity contribution is 9.10. The molecule has 20 heavy (non-hydrogen) atoms. The third kappa shape index (κ3) is 4.81. The molecular weight excluding hydrogens is 322 g/mol. The number of rotatable bonds is 6. The van der Waals surface area contributed by atoms with Crippen LogP contribution in [0.15, 0.2) is 34.8 Å². The largest absolute Gasteiger partial charge is 0.480 e. The van der Waals surface area contributed by atoms with E-state index in [1.165, 1.54) is 13.0 Å². The molecule has 0 aromatic heterocycles. The number of aliphatic carboxylic acids is 1. The molecule has 0 aliphatic rings. The second-order valence-electron chi connectivity index (χ2n) is 4.76. The van der Waals surface area contributed by atoms with E-state index in [2.05, 4.69) is 21.2 Å². The number of halogens is 1. The molecule has 0 aliphatic heterocycles. The van der Waals surface area contributed by atoms with E-state index < -0.39 is 17.4 Å². The van der Waals surface area contributed by atoms with E-state index in [0.717, 1.165) is 10.0 Å². The van der Waals surface area contributed by atoms with Gasteiger partial charge in [0.1, 0.15) is 5.54 Å². The third-order valence-corrected chi connectivity index (χ3v) is 3.45. The molecular formula is C15H18BrNO3. The van der Waals surface area contributed by atoms with Crippen LogP contribution < -0.4 is 5.32 Å². The van der Waals surface area contributed by atoms with Gasteiger partial charge in [-0.25, -0.2) is 4.79 Å². The number of amides is 1. The van der Waals surface area contributed by atoms with E-state index in [1.54, 1.807) is 6.08 Å². The van der Waals surface area contributed by atoms with Crippen LogP contribution >= 0.6 is 15.9 Å². The fourth-order valence-electron chi connectivity index (χ4n) is 1.78. The van der Waals surface area contributed by atoms with Gasteiger partial charge in [-0.1, -0.05) is 41.4 Å².